The number of aliphatic hydroxyl groups is 1. The van der Waals surface area contributed by atoms with Crippen LogP contribution in [-0.4, -0.2) is 24.8 Å². The number of esters is 1. The summed E-state index contributed by atoms with van der Waals surface area (Å²) >= 11 is 0. The molecule has 0 unspecified atom stereocenters. The minimum absolute atomic E-state index is 0.0785. The SMILES string of the molecule is COC(=O)C1(CCO)CCCCCC1. The highest BCUT2D eigenvalue weighted by atomic mass is 16.5. The summed E-state index contributed by atoms with van der Waals surface area (Å²) in [4.78, 5) is 11.7. The van der Waals surface area contributed by atoms with E-state index in [-0.39, 0.29) is 18.0 Å². The highest BCUT2D eigenvalue weighted by Gasteiger charge is 2.38. The molecule has 82 valence electrons. The van der Waals surface area contributed by atoms with E-state index in [1.165, 1.54) is 20.0 Å². The molecule has 0 aromatic heterocycles. The normalized spacial score (nSPS) is 21.3. The van der Waals surface area contributed by atoms with E-state index in [9.17, 15) is 4.79 Å². The Kier molecular flexibility index (Phi) is 4.39. The molecular weight excluding hydrogens is 180 g/mol. The van der Waals surface area contributed by atoms with Crippen LogP contribution in [0.4, 0.5) is 0 Å². The lowest BCUT2D eigenvalue weighted by molar-refractivity contribution is -0.154. The molecule has 0 saturated heterocycles. The van der Waals surface area contributed by atoms with Gasteiger partial charge >= 0.3 is 5.97 Å². The molecule has 3 heteroatoms. The molecule has 1 aliphatic carbocycles. The highest BCUT2D eigenvalue weighted by Crippen LogP contribution is 2.38. The van der Waals surface area contributed by atoms with Crippen molar-refractivity contribution in [2.45, 2.75) is 44.9 Å². The molecule has 0 radical (unpaired) electrons. The van der Waals surface area contributed by atoms with Crippen molar-refractivity contribution in [1.29, 1.82) is 0 Å². The molecule has 0 aromatic rings. The fourth-order valence-corrected chi connectivity index (χ4v) is 2.39. The third-order valence-corrected chi connectivity index (χ3v) is 3.27. The molecule has 1 N–H and O–H groups in total. The van der Waals surface area contributed by atoms with Crippen molar-refractivity contribution >= 4 is 5.97 Å². The van der Waals surface area contributed by atoms with E-state index in [2.05, 4.69) is 0 Å². The van der Waals surface area contributed by atoms with Gasteiger partial charge in [0, 0.05) is 6.61 Å². The Hall–Kier alpha value is -0.570. The number of rotatable bonds is 3. The first-order valence-electron chi connectivity index (χ1n) is 5.44. The van der Waals surface area contributed by atoms with E-state index in [1.54, 1.807) is 0 Å². The minimum Gasteiger partial charge on any atom is -0.469 e. The maximum Gasteiger partial charge on any atom is 0.311 e. The molecule has 0 aliphatic heterocycles. The van der Waals surface area contributed by atoms with Crippen LogP contribution in [0.3, 0.4) is 0 Å². The summed E-state index contributed by atoms with van der Waals surface area (Å²) in [5.41, 5.74) is -0.389. The average molecular weight is 200 g/mol. The summed E-state index contributed by atoms with van der Waals surface area (Å²) in [6.07, 6.45) is 6.86. The third-order valence-electron chi connectivity index (χ3n) is 3.27. The standard InChI is InChI=1S/C11H20O3/c1-14-10(13)11(8-9-12)6-4-2-3-5-7-11/h12H,2-9H2,1H3. The molecule has 0 atom stereocenters. The summed E-state index contributed by atoms with van der Waals surface area (Å²) in [5, 5.41) is 9.01. The predicted octanol–water partition coefficient (Wildman–Crippen LogP) is 1.88. The molecular formula is C11H20O3. The molecule has 1 saturated carbocycles. The van der Waals surface area contributed by atoms with Gasteiger partial charge in [0.1, 0.15) is 0 Å². The van der Waals surface area contributed by atoms with E-state index >= 15 is 0 Å². The van der Waals surface area contributed by atoms with Gasteiger partial charge in [-0.15, -0.1) is 0 Å². The zero-order chi connectivity index (χ0) is 10.4. The maximum absolute atomic E-state index is 11.7. The third kappa shape index (κ3) is 2.47. The van der Waals surface area contributed by atoms with Crippen LogP contribution in [0.2, 0.25) is 0 Å². The van der Waals surface area contributed by atoms with E-state index in [1.807, 2.05) is 0 Å². The van der Waals surface area contributed by atoms with Crippen LogP contribution in [0.25, 0.3) is 0 Å². The van der Waals surface area contributed by atoms with Crippen LogP contribution in [0.1, 0.15) is 44.9 Å². The zero-order valence-electron chi connectivity index (χ0n) is 8.92. The monoisotopic (exact) mass is 200 g/mol. The summed E-state index contributed by atoms with van der Waals surface area (Å²) in [6, 6.07) is 0. The van der Waals surface area contributed by atoms with Gasteiger partial charge in [0.15, 0.2) is 0 Å². The number of aliphatic hydroxyl groups excluding tert-OH is 1. The number of methoxy groups -OCH3 is 1. The van der Waals surface area contributed by atoms with Gasteiger partial charge in [-0.2, -0.15) is 0 Å². The van der Waals surface area contributed by atoms with Gasteiger partial charge in [0.05, 0.1) is 12.5 Å². The van der Waals surface area contributed by atoms with E-state index in [4.69, 9.17) is 9.84 Å². The Morgan fingerprint density at radius 2 is 1.86 bits per heavy atom. The van der Waals surface area contributed by atoms with Gasteiger partial charge in [-0.25, -0.2) is 0 Å². The molecule has 14 heavy (non-hydrogen) atoms. The number of ether oxygens (including phenoxy) is 1. The van der Waals surface area contributed by atoms with Gasteiger partial charge in [0.2, 0.25) is 0 Å². The molecule has 3 nitrogen and oxygen atoms in total. The average Bonchev–Trinajstić information content (AvgIpc) is 2.44. The molecule has 0 amide bonds. The second kappa shape index (κ2) is 5.35. The topological polar surface area (TPSA) is 46.5 Å². The van der Waals surface area contributed by atoms with Crippen molar-refractivity contribution < 1.29 is 14.6 Å². The highest BCUT2D eigenvalue weighted by molar-refractivity contribution is 5.76. The van der Waals surface area contributed by atoms with Crippen molar-refractivity contribution in [3.8, 4) is 0 Å². The van der Waals surface area contributed by atoms with Gasteiger partial charge in [-0.3, -0.25) is 4.79 Å². The lowest BCUT2D eigenvalue weighted by atomic mass is 9.78. The van der Waals surface area contributed by atoms with Crippen molar-refractivity contribution in [3.63, 3.8) is 0 Å². The van der Waals surface area contributed by atoms with Crippen molar-refractivity contribution in [2.75, 3.05) is 13.7 Å². The van der Waals surface area contributed by atoms with Crippen LogP contribution in [0.15, 0.2) is 0 Å². The summed E-state index contributed by atoms with van der Waals surface area (Å²) in [5.74, 6) is -0.131. The molecule has 0 bridgehead atoms. The van der Waals surface area contributed by atoms with E-state index in [0.717, 1.165) is 25.7 Å². The second-order valence-electron chi connectivity index (χ2n) is 4.16. The second-order valence-corrected chi connectivity index (χ2v) is 4.16. The Morgan fingerprint density at radius 1 is 1.29 bits per heavy atom. The minimum atomic E-state index is -0.389. The quantitative estimate of drug-likeness (QED) is 0.559. The van der Waals surface area contributed by atoms with E-state index in [0.29, 0.717) is 6.42 Å². The number of hydrogen-bond donors (Lipinski definition) is 1. The van der Waals surface area contributed by atoms with Crippen molar-refractivity contribution in [3.05, 3.63) is 0 Å². The van der Waals surface area contributed by atoms with Gasteiger partial charge in [-0.05, 0) is 19.3 Å². The fraction of sp³-hybridized carbons (Fsp3) is 0.909. The lowest BCUT2D eigenvalue weighted by Gasteiger charge is -2.28. The Morgan fingerprint density at radius 3 is 2.29 bits per heavy atom. The first-order chi connectivity index (χ1) is 6.75. The Bertz CT molecular complexity index is 181. The summed E-state index contributed by atoms with van der Waals surface area (Å²) < 4.78 is 4.85. The van der Waals surface area contributed by atoms with Crippen LogP contribution >= 0.6 is 0 Å². The fourth-order valence-electron chi connectivity index (χ4n) is 2.39. The Balaban J connectivity index is 2.71. The van der Waals surface area contributed by atoms with Gasteiger partial charge in [-0.1, -0.05) is 25.7 Å². The molecule has 1 fully saturated rings. The predicted molar refractivity (Wildman–Crippen MR) is 53.9 cm³/mol. The molecule has 0 aromatic carbocycles. The van der Waals surface area contributed by atoms with Gasteiger partial charge < -0.3 is 9.84 Å². The molecule has 1 aliphatic rings. The number of carbonyl (C=O) groups is 1. The largest absolute Gasteiger partial charge is 0.469 e. The maximum atomic E-state index is 11.7. The van der Waals surface area contributed by atoms with Crippen molar-refractivity contribution in [1.82, 2.24) is 0 Å². The first kappa shape index (κ1) is 11.5. The lowest BCUT2D eigenvalue weighted by Crippen LogP contribution is -2.33. The van der Waals surface area contributed by atoms with E-state index < -0.39 is 0 Å². The molecule has 0 spiro atoms. The van der Waals surface area contributed by atoms with Crippen LogP contribution in [0, 0.1) is 5.41 Å². The molecule has 0 heterocycles. The van der Waals surface area contributed by atoms with Crippen LogP contribution < -0.4 is 0 Å². The van der Waals surface area contributed by atoms with Crippen LogP contribution in [0.5, 0.6) is 0 Å². The summed E-state index contributed by atoms with van der Waals surface area (Å²) in [7, 11) is 1.44. The zero-order valence-corrected chi connectivity index (χ0v) is 8.92. The number of carbonyl (C=O) groups excluding carboxylic acids is 1. The smallest absolute Gasteiger partial charge is 0.311 e. The van der Waals surface area contributed by atoms with Crippen molar-refractivity contribution in [2.24, 2.45) is 5.41 Å². The first-order valence-corrected chi connectivity index (χ1v) is 5.44. The summed E-state index contributed by atoms with van der Waals surface area (Å²) in [6.45, 7) is 0.0785. The van der Waals surface area contributed by atoms with Crippen LogP contribution in [-0.2, 0) is 9.53 Å². The van der Waals surface area contributed by atoms with Gasteiger partial charge in [0.25, 0.3) is 0 Å². The molecule has 1 rings (SSSR count). The Labute approximate surface area is 85.5 Å². The number of hydrogen-bond acceptors (Lipinski definition) is 3.